The van der Waals surface area contributed by atoms with Gasteiger partial charge < -0.3 is 10.8 Å². The molecule has 1 atom stereocenters. The van der Waals surface area contributed by atoms with Gasteiger partial charge in [0.15, 0.2) is 5.05 Å². The van der Waals surface area contributed by atoms with E-state index < -0.39 is 5.54 Å². The normalized spacial score (nSPS) is 13.5. The Morgan fingerprint density at radius 2 is 1.15 bits per heavy atom. The zero-order valence-corrected chi connectivity index (χ0v) is 18.2. The Bertz CT molecular complexity index is 369. The molecule has 0 aliphatic heterocycles. The summed E-state index contributed by atoms with van der Waals surface area (Å²) >= 11 is 4.68. The van der Waals surface area contributed by atoms with Gasteiger partial charge in [0.05, 0.1) is 5.54 Å². The van der Waals surface area contributed by atoms with Crippen molar-refractivity contribution in [2.24, 2.45) is 5.73 Å². The average Bonchev–Trinajstić information content (AvgIpc) is 2.57. The molecule has 0 fully saturated rings. The third-order valence-corrected chi connectivity index (χ3v) is 5.58. The van der Waals surface area contributed by atoms with Crippen molar-refractivity contribution in [1.29, 1.82) is 0 Å². The zero-order chi connectivity index (χ0) is 19.7. The van der Waals surface area contributed by atoms with Crippen LogP contribution in [0.4, 0.5) is 0 Å². The highest BCUT2D eigenvalue weighted by atomic mass is 32.1. The van der Waals surface area contributed by atoms with Gasteiger partial charge in [0.1, 0.15) is 5.78 Å². The largest absolute Gasteiger partial charge is 0.501 e. The van der Waals surface area contributed by atoms with Crippen molar-refractivity contribution in [1.82, 2.24) is 0 Å². The SMILES string of the molecule is CCCCCCCCCCCCCCCCCC(=O)CC(C)(N)C(O)=S. The van der Waals surface area contributed by atoms with E-state index in [0.717, 1.165) is 12.8 Å². The number of thiocarbonyl (C=S) groups is 1. The summed E-state index contributed by atoms with van der Waals surface area (Å²) in [7, 11) is 0. The third-order valence-electron chi connectivity index (χ3n) is 5.11. The lowest BCUT2D eigenvalue weighted by Crippen LogP contribution is -2.45. The number of aliphatic hydroxyl groups excluding tert-OH is 1. The molecule has 3 nitrogen and oxygen atoms in total. The van der Waals surface area contributed by atoms with Crippen LogP contribution in [0.3, 0.4) is 0 Å². The smallest absolute Gasteiger partial charge is 0.177 e. The molecular weight excluding hydrogens is 342 g/mol. The molecule has 0 radical (unpaired) electrons. The summed E-state index contributed by atoms with van der Waals surface area (Å²) in [6.45, 7) is 3.88. The van der Waals surface area contributed by atoms with Crippen molar-refractivity contribution >= 4 is 23.1 Å². The summed E-state index contributed by atoms with van der Waals surface area (Å²) in [5.41, 5.74) is 4.75. The highest BCUT2D eigenvalue weighted by molar-refractivity contribution is 7.80. The molecule has 0 saturated heterocycles. The summed E-state index contributed by atoms with van der Waals surface area (Å²) in [4.78, 5) is 11.8. The summed E-state index contributed by atoms with van der Waals surface area (Å²) < 4.78 is 0. The van der Waals surface area contributed by atoms with E-state index in [0.29, 0.717) is 6.42 Å². The molecule has 3 N–H and O–H groups in total. The van der Waals surface area contributed by atoms with Gasteiger partial charge in [-0.25, -0.2) is 0 Å². The van der Waals surface area contributed by atoms with Crippen molar-refractivity contribution in [2.45, 2.75) is 129 Å². The minimum atomic E-state index is -1.05. The van der Waals surface area contributed by atoms with Crippen molar-refractivity contribution < 1.29 is 9.90 Å². The predicted octanol–water partition coefficient (Wildman–Crippen LogP) is 6.81. The van der Waals surface area contributed by atoms with E-state index in [1.165, 1.54) is 83.5 Å². The van der Waals surface area contributed by atoms with Gasteiger partial charge in [0.2, 0.25) is 0 Å². The molecule has 0 saturated carbocycles. The maximum Gasteiger partial charge on any atom is 0.177 e. The number of carbonyl (C=O) groups is 1. The average molecular weight is 386 g/mol. The Kier molecular flexibility index (Phi) is 16.4. The van der Waals surface area contributed by atoms with Crippen LogP contribution in [0, 0.1) is 0 Å². The lowest BCUT2D eigenvalue weighted by molar-refractivity contribution is -0.119. The lowest BCUT2D eigenvalue weighted by Gasteiger charge is -2.20. The maximum absolute atomic E-state index is 11.8. The van der Waals surface area contributed by atoms with Crippen LogP contribution in [0.5, 0.6) is 0 Å². The van der Waals surface area contributed by atoms with Gasteiger partial charge in [0.25, 0.3) is 0 Å². The molecule has 0 aromatic rings. The minimum absolute atomic E-state index is 0.0982. The quantitative estimate of drug-likeness (QED) is 0.189. The Balaban J connectivity index is 3.29. The van der Waals surface area contributed by atoms with Gasteiger partial charge in [-0.2, -0.15) is 0 Å². The van der Waals surface area contributed by atoms with Crippen LogP contribution >= 0.6 is 12.2 Å². The number of nitrogens with two attached hydrogens (primary N) is 1. The lowest BCUT2D eigenvalue weighted by atomic mass is 9.95. The first-order valence-corrected chi connectivity index (χ1v) is 11.3. The molecule has 0 bridgehead atoms. The second-order valence-electron chi connectivity index (χ2n) is 8.14. The molecular formula is C22H43NO2S. The van der Waals surface area contributed by atoms with Crippen LogP contribution in [0.2, 0.25) is 0 Å². The molecule has 154 valence electrons. The number of aliphatic hydroxyl groups is 1. The number of hydrogen-bond donors (Lipinski definition) is 2. The number of Topliss-reactive ketones (excluding diaryl/α,β-unsaturated/α-hetero) is 1. The Labute approximate surface area is 167 Å². The first-order valence-electron chi connectivity index (χ1n) is 10.9. The zero-order valence-electron chi connectivity index (χ0n) is 17.4. The van der Waals surface area contributed by atoms with Crippen molar-refractivity contribution in [3.63, 3.8) is 0 Å². The molecule has 4 heteroatoms. The standard InChI is InChI=1S/C22H43NO2S/c1-3-4-5-6-7-8-9-10-11-12-13-14-15-16-17-18-20(24)19-22(2,23)21(25)26/h3-19,23H2,1-2H3,(H,25,26). The van der Waals surface area contributed by atoms with Gasteiger partial charge in [-0.3, -0.25) is 4.79 Å². The highest BCUT2D eigenvalue weighted by Gasteiger charge is 2.26. The van der Waals surface area contributed by atoms with Crippen LogP contribution in [-0.2, 0) is 4.79 Å². The fourth-order valence-electron chi connectivity index (χ4n) is 3.27. The van der Waals surface area contributed by atoms with E-state index in [9.17, 15) is 9.90 Å². The van der Waals surface area contributed by atoms with E-state index in [-0.39, 0.29) is 17.3 Å². The third kappa shape index (κ3) is 15.7. The number of hydrogen-bond acceptors (Lipinski definition) is 3. The molecule has 1 unspecified atom stereocenters. The summed E-state index contributed by atoms with van der Waals surface area (Å²) in [6.07, 6.45) is 20.5. The van der Waals surface area contributed by atoms with Crippen LogP contribution < -0.4 is 5.73 Å². The second kappa shape index (κ2) is 16.7. The van der Waals surface area contributed by atoms with E-state index >= 15 is 0 Å². The molecule has 0 amide bonds. The fraction of sp³-hybridized carbons (Fsp3) is 0.909. The van der Waals surface area contributed by atoms with E-state index in [1.807, 2.05) is 0 Å². The monoisotopic (exact) mass is 385 g/mol. The number of carbonyl (C=O) groups excluding carboxylic acids is 1. The van der Waals surface area contributed by atoms with Gasteiger partial charge in [-0.15, -0.1) is 0 Å². The van der Waals surface area contributed by atoms with Gasteiger partial charge >= 0.3 is 0 Å². The fourth-order valence-corrected chi connectivity index (χ4v) is 3.34. The van der Waals surface area contributed by atoms with Crippen molar-refractivity contribution in [3.05, 3.63) is 0 Å². The number of rotatable bonds is 19. The molecule has 0 heterocycles. The molecule has 0 aromatic carbocycles. The molecule has 0 aromatic heterocycles. The predicted molar refractivity (Wildman–Crippen MR) is 117 cm³/mol. The Morgan fingerprint density at radius 1 is 0.808 bits per heavy atom. The van der Waals surface area contributed by atoms with Crippen LogP contribution in [-0.4, -0.2) is 21.5 Å². The topological polar surface area (TPSA) is 63.3 Å². The highest BCUT2D eigenvalue weighted by Crippen LogP contribution is 2.15. The second-order valence-corrected chi connectivity index (χ2v) is 8.52. The molecule has 0 aliphatic rings. The van der Waals surface area contributed by atoms with E-state index in [4.69, 9.17) is 5.73 Å². The first-order chi connectivity index (χ1) is 12.4. The van der Waals surface area contributed by atoms with Gasteiger partial charge in [-0.05, 0) is 25.6 Å². The molecule has 0 aliphatic carbocycles. The number of unbranched alkanes of at least 4 members (excludes halogenated alkanes) is 14. The van der Waals surface area contributed by atoms with Crippen molar-refractivity contribution in [2.75, 3.05) is 0 Å². The van der Waals surface area contributed by atoms with E-state index in [1.54, 1.807) is 6.92 Å². The summed E-state index contributed by atoms with van der Waals surface area (Å²) in [5.74, 6) is 0.0982. The summed E-state index contributed by atoms with van der Waals surface area (Å²) in [5, 5.41) is 9.01. The van der Waals surface area contributed by atoms with Crippen LogP contribution in [0.25, 0.3) is 0 Å². The van der Waals surface area contributed by atoms with Gasteiger partial charge in [0, 0.05) is 12.8 Å². The molecule has 26 heavy (non-hydrogen) atoms. The van der Waals surface area contributed by atoms with Crippen LogP contribution in [0.15, 0.2) is 0 Å². The molecule has 0 rings (SSSR count). The first kappa shape index (κ1) is 25.5. The van der Waals surface area contributed by atoms with Gasteiger partial charge in [-0.1, -0.05) is 96.8 Å². The van der Waals surface area contributed by atoms with Crippen LogP contribution in [0.1, 0.15) is 123 Å². The van der Waals surface area contributed by atoms with Crippen molar-refractivity contribution in [3.8, 4) is 0 Å². The number of ketones is 1. The summed E-state index contributed by atoms with van der Waals surface area (Å²) in [6, 6.07) is 0. The Hall–Kier alpha value is -0.480. The Morgan fingerprint density at radius 3 is 1.50 bits per heavy atom. The maximum atomic E-state index is 11.8. The molecule has 0 spiro atoms. The van der Waals surface area contributed by atoms with E-state index in [2.05, 4.69) is 19.1 Å². The minimum Gasteiger partial charge on any atom is -0.501 e.